The first-order valence-electron chi connectivity index (χ1n) is 4.60. The van der Waals surface area contributed by atoms with Crippen LogP contribution in [0.3, 0.4) is 0 Å². The summed E-state index contributed by atoms with van der Waals surface area (Å²) < 4.78 is 17.7. The van der Waals surface area contributed by atoms with Crippen molar-refractivity contribution < 1.29 is 9.13 Å². The second kappa shape index (κ2) is 5.99. The van der Waals surface area contributed by atoms with Gasteiger partial charge >= 0.3 is 0 Å². The van der Waals surface area contributed by atoms with E-state index in [1.807, 2.05) is 6.07 Å². The zero-order chi connectivity index (χ0) is 10.4. The molecule has 14 heavy (non-hydrogen) atoms. The van der Waals surface area contributed by atoms with Crippen molar-refractivity contribution in [2.24, 2.45) is 0 Å². The molecule has 3 heteroatoms. The molecule has 1 aromatic carbocycles. The molecule has 0 amide bonds. The van der Waals surface area contributed by atoms with Crippen molar-refractivity contribution in [1.82, 2.24) is 0 Å². The predicted molar refractivity (Wildman–Crippen MR) is 56.2 cm³/mol. The van der Waals surface area contributed by atoms with Crippen LogP contribution in [0.1, 0.15) is 12.0 Å². The van der Waals surface area contributed by atoms with E-state index in [4.69, 9.17) is 16.3 Å². The van der Waals surface area contributed by atoms with Crippen molar-refractivity contribution >= 4 is 11.6 Å². The Kier molecular flexibility index (Phi) is 4.91. The zero-order valence-corrected chi connectivity index (χ0v) is 8.93. The fourth-order valence-electron chi connectivity index (χ4n) is 1.27. The van der Waals surface area contributed by atoms with E-state index in [0.29, 0.717) is 13.0 Å². The fourth-order valence-corrected chi connectivity index (χ4v) is 1.53. The molecule has 1 unspecified atom stereocenters. The third kappa shape index (κ3) is 4.07. The minimum absolute atomic E-state index is 0.0109. The predicted octanol–water partition coefficient (Wildman–Crippen LogP) is 3.01. The maximum absolute atomic E-state index is 12.8. The molecule has 1 atom stereocenters. The Balaban J connectivity index is 2.43. The van der Waals surface area contributed by atoms with Gasteiger partial charge in [0, 0.05) is 19.1 Å². The molecule has 0 radical (unpaired) electrons. The van der Waals surface area contributed by atoms with Gasteiger partial charge in [0.05, 0.1) is 0 Å². The molecule has 0 saturated carbocycles. The standard InChI is InChI=1S/C11H14ClFO/c1-14-6-5-10(12)7-9-3-2-4-11(13)8-9/h2-4,8,10H,5-7H2,1H3. The van der Waals surface area contributed by atoms with E-state index in [0.717, 1.165) is 12.0 Å². The lowest BCUT2D eigenvalue weighted by molar-refractivity contribution is 0.194. The number of halogens is 2. The third-order valence-corrected chi connectivity index (χ3v) is 2.35. The van der Waals surface area contributed by atoms with Crippen molar-refractivity contribution in [3.05, 3.63) is 35.6 Å². The van der Waals surface area contributed by atoms with Gasteiger partial charge in [0.25, 0.3) is 0 Å². The molecule has 1 nitrogen and oxygen atoms in total. The average Bonchev–Trinajstić information content (AvgIpc) is 2.15. The molecule has 0 N–H and O–H groups in total. The van der Waals surface area contributed by atoms with E-state index < -0.39 is 0 Å². The monoisotopic (exact) mass is 216 g/mol. The van der Waals surface area contributed by atoms with Gasteiger partial charge in [0.1, 0.15) is 5.82 Å². The van der Waals surface area contributed by atoms with Crippen molar-refractivity contribution in [2.45, 2.75) is 18.2 Å². The van der Waals surface area contributed by atoms with E-state index in [9.17, 15) is 4.39 Å². The van der Waals surface area contributed by atoms with E-state index in [2.05, 4.69) is 0 Å². The highest BCUT2D eigenvalue weighted by Gasteiger charge is 2.05. The summed E-state index contributed by atoms with van der Waals surface area (Å²) in [5.74, 6) is -0.210. The summed E-state index contributed by atoms with van der Waals surface area (Å²) in [6.45, 7) is 0.642. The first-order valence-corrected chi connectivity index (χ1v) is 5.03. The Morgan fingerprint density at radius 1 is 1.50 bits per heavy atom. The van der Waals surface area contributed by atoms with Crippen LogP contribution in [0.15, 0.2) is 24.3 Å². The highest BCUT2D eigenvalue weighted by Crippen LogP contribution is 2.12. The Morgan fingerprint density at radius 3 is 2.93 bits per heavy atom. The molecule has 0 aliphatic heterocycles. The summed E-state index contributed by atoms with van der Waals surface area (Å²) in [5, 5.41) is 0.0109. The highest BCUT2D eigenvalue weighted by atomic mass is 35.5. The Morgan fingerprint density at radius 2 is 2.29 bits per heavy atom. The van der Waals surface area contributed by atoms with Crippen LogP contribution in [0.2, 0.25) is 0 Å². The minimum atomic E-state index is -0.210. The van der Waals surface area contributed by atoms with Gasteiger partial charge in [-0.3, -0.25) is 0 Å². The van der Waals surface area contributed by atoms with Crippen molar-refractivity contribution in [3.8, 4) is 0 Å². The maximum Gasteiger partial charge on any atom is 0.123 e. The van der Waals surface area contributed by atoms with Crippen LogP contribution < -0.4 is 0 Å². The maximum atomic E-state index is 12.8. The average molecular weight is 217 g/mol. The summed E-state index contributed by atoms with van der Waals surface area (Å²) in [7, 11) is 1.64. The van der Waals surface area contributed by atoms with Crippen LogP contribution in [-0.4, -0.2) is 19.1 Å². The normalized spacial score (nSPS) is 12.8. The van der Waals surface area contributed by atoms with E-state index in [1.165, 1.54) is 12.1 Å². The van der Waals surface area contributed by atoms with Gasteiger partial charge in [-0.05, 0) is 30.5 Å². The minimum Gasteiger partial charge on any atom is -0.385 e. The lowest BCUT2D eigenvalue weighted by Crippen LogP contribution is -2.06. The number of rotatable bonds is 5. The first kappa shape index (κ1) is 11.5. The SMILES string of the molecule is COCCC(Cl)Cc1cccc(F)c1. The summed E-state index contributed by atoms with van der Waals surface area (Å²) in [6.07, 6.45) is 1.47. The quantitative estimate of drug-likeness (QED) is 0.688. The number of alkyl halides is 1. The largest absolute Gasteiger partial charge is 0.385 e. The Labute approximate surface area is 88.8 Å². The van der Waals surface area contributed by atoms with Crippen molar-refractivity contribution in [2.75, 3.05) is 13.7 Å². The lowest BCUT2D eigenvalue weighted by atomic mass is 10.1. The molecule has 0 aliphatic rings. The van der Waals surface area contributed by atoms with E-state index in [1.54, 1.807) is 13.2 Å². The fraction of sp³-hybridized carbons (Fsp3) is 0.455. The summed E-state index contributed by atoms with van der Waals surface area (Å²) in [5.41, 5.74) is 0.932. The van der Waals surface area contributed by atoms with Crippen LogP contribution in [0.5, 0.6) is 0 Å². The Hall–Kier alpha value is -0.600. The van der Waals surface area contributed by atoms with E-state index in [-0.39, 0.29) is 11.2 Å². The van der Waals surface area contributed by atoms with Gasteiger partial charge in [-0.25, -0.2) is 4.39 Å². The highest BCUT2D eigenvalue weighted by molar-refractivity contribution is 6.20. The van der Waals surface area contributed by atoms with Gasteiger partial charge in [0.15, 0.2) is 0 Å². The van der Waals surface area contributed by atoms with Crippen LogP contribution in [0, 0.1) is 5.82 Å². The van der Waals surface area contributed by atoms with Crippen LogP contribution in [0.25, 0.3) is 0 Å². The molecule has 0 heterocycles. The molecule has 78 valence electrons. The molecule has 0 aliphatic carbocycles. The lowest BCUT2D eigenvalue weighted by Gasteiger charge is -2.08. The van der Waals surface area contributed by atoms with Crippen LogP contribution in [-0.2, 0) is 11.2 Å². The molecule has 0 aromatic heterocycles. The molecule has 0 saturated heterocycles. The molecule has 0 spiro atoms. The van der Waals surface area contributed by atoms with Gasteiger partial charge < -0.3 is 4.74 Å². The summed E-state index contributed by atoms with van der Waals surface area (Å²) in [6, 6.07) is 6.53. The van der Waals surface area contributed by atoms with Crippen LogP contribution >= 0.6 is 11.6 Å². The third-order valence-electron chi connectivity index (χ3n) is 1.98. The summed E-state index contributed by atoms with van der Waals surface area (Å²) in [4.78, 5) is 0. The Bertz CT molecular complexity index is 278. The van der Waals surface area contributed by atoms with Gasteiger partial charge in [-0.15, -0.1) is 11.6 Å². The molecular formula is C11H14ClFO. The smallest absolute Gasteiger partial charge is 0.123 e. The van der Waals surface area contributed by atoms with Gasteiger partial charge in [-0.1, -0.05) is 12.1 Å². The van der Waals surface area contributed by atoms with E-state index >= 15 is 0 Å². The number of methoxy groups -OCH3 is 1. The van der Waals surface area contributed by atoms with Crippen molar-refractivity contribution in [1.29, 1.82) is 0 Å². The second-order valence-electron chi connectivity index (χ2n) is 3.21. The van der Waals surface area contributed by atoms with Crippen molar-refractivity contribution in [3.63, 3.8) is 0 Å². The number of hydrogen-bond donors (Lipinski definition) is 0. The molecule has 0 bridgehead atoms. The summed E-state index contributed by atoms with van der Waals surface area (Å²) >= 11 is 6.04. The van der Waals surface area contributed by atoms with Gasteiger partial charge in [-0.2, -0.15) is 0 Å². The van der Waals surface area contributed by atoms with Crippen LogP contribution in [0.4, 0.5) is 4.39 Å². The first-order chi connectivity index (χ1) is 6.72. The number of ether oxygens (including phenoxy) is 1. The zero-order valence-electron chi connectivity index (χ0n) is 8.17. The molecular weight excluding hydrogens is 203 g/mol. The topological polar surface area (TPSA) is 9.23 Å². The molecule has 1 rings (SSSR count). The van der Waals surface area contributed by atoms with Gasteiger partial charge in [0.2, 0.25) is 0 Å². The second-order valence-corrected chi connectivity index (χ2v) is 3.83. The molecule has 1 aromatic rings. The number of hydrogen-bond acceptors (Lipinski definition) is 1. The molecule has 0 fully saturated rings. The number of benzene rings is 1.